The molecule has 0 atom stereocenters. The van der Waals surface area contributed by atoms with Gasteiger partial charge in [-0.3, -0.25) is 0 Å². The van der Waals surface area contributed by atoms with Gasteiger partial charge in [0, 0.05) is 11.4 Å². The van der Waals surface area contributed by atoms with E-state index in [1.807, 2.05) is 26.8 Å². The molecule has 0 N–H and O–H groups in total. The van der Waals surface area contributed by atoms with E-state index in [1.165, 1.54) is 4.52 Å². The van der Waals surface area contributed by atoms with Gasteiger partial charge in [0.2, 0.25) is 0 Å². The summed E-state index contributed by atoms with van der Waals surface area (Å²) >= 11 is 0. The van der Waals surface area contributed by atoms with Crippen LogP contribution in [-0.2, 0) is 11.3 Å². The second-order valence-electron chi connectivity index (χ2n) is 6.09. The van der Waals surface area contributed by atoms with Crippen LogP contribution < -0.4 is 0 Å². The van der Waals surface area contributed by atoms with Crippen LogP contribution in [0.5, 0.6) is 0 Å². The maximum Gasteiger partial charge on any atom is 0.378 e. The Morgan fingerprint density at radius 1 is 1.11 bits per heavy atom. The SMILES string of the molecule is Cc1cc(C)n2nc(C(=O)OCc3nnc(-c4cc(C)oc4C)o3)nc2n1. The highest BCUT2D eigenvalue weighted by Crippen LogP contribution is 2.25. The summed E-state index contributed by atoms with van der Waals surface area (Å²) in [7, 11) is 0. The van der Waals surface area contributed by atoms with Gasteiger partial charge in [0.15, 0.2) is 6.61 Å². The number of esters is 1. The van der Waals surface area contributed by atoms with Crippen molar-refractivity contribution in [2.45, 2.75) is 34.3 Å². The minimum absolute atomic E-state index is 0.0859. The average Bonchev–Trinajstić information content (AvgIpc) is 3.30. The standard InChI is InChI=1S/C17H16N6O4/c1-8-5-9(2)23-17(18-8)19-14(22-23)16(24)25-7-13-20-21-15(27-13)12-6-10(3)26-11(12)4/h5-6H,7H2,1-4H3. The van der Waals surface area contributed by atoms with E-state index in [2.05, 4.69) is 25.3 Å². The summed E-state index contributed by atoms with van der Waals surface area (Å²) < 4.78 is 17.6. The number of hydrogen-bond acceptors (Lipinski definition) is 9. The second kappa shape index (κ2) is 6.31. The lowest BCUT2D eigenvalue weighted by Gasteiger charge is -1.98. The van der Waals surface area contributed by atoms with E-state index in [4.69, 9.17) is 13.6 Å². The molecule has 138 valence electrons. The molecular formula is C17H16N6O4. The minimum atomic E-state index is -0.701. The summed E-state index contributed by atoms with van der Waals surface area (Å²) in [6.07, 6.45) is 0. The van der Waals surface area contributed by atoms with Crippen LogP contribution in [0, 0.1) is 27.7 Å². The van der Waals surface area contributed by atoms with Crippen LogP contribution in [0.2, 0.25) is 0 Å². The predicted octanol–water partition coefficient (Wildman–Crippen LogP) is 2.36. The largest absolute Gasteiger partial charge is 0.466 e. The maximum atomic E-state index is 12.2. The summed E-state index contributed by atoms with van der Waals surface area (Å²) in [6.45, 7) is 7.14. The van der Waals surface area contributed by atoms with E-state index >= 15 is 0 Å². The first kappa shape index (κ1) is 16.9. The maximum absolute atomic E-state index is 12.2. The molecule has 4 rings (SSSR count). The smallest absolute Gasteiger partial charge is 0.378 e. The third kappa shape index (κ3) is 3.16. The number of carbonyl (C=O) groups excluding carboxylic acids is 1. The predicted molar refractivity (Wildman–Crippen MR) is 90.8 cm³/mol. The van der Waals surface area contributed by atoms with E-state index in [0.717, 1.165) is 17.1 Å². The Bertz CT molecular complexity index is 1160. The molecule has 4 aromatic heterocycles. The molecule has 4 heterocycles. The first-order chi connectivity index (χ1) is 12.9. The lowest BCUT2D eigenvalue weighted by Crippen LogP contribution is -2.08. The van der Waals surface area contributed by atoms with Crippen LogP contribution in [0.15, 0.2) is 21.0 Å². The van der Waals surface area contributed by atoms with E-state index in [1.54, 1.807) is 13.0 Å². The van der Waals surface area contributed by atoms with Gasteiger partial charge < -0.3 is 13.6 Å². The zero-order chi connectivity index (χ0) is 19.1. The quantitative estimate of drug-likeness (QED) is 0.499. The van der Waals surface area contributed by atoms with E-state index in [-0.39, 0.29) is 18.3 Å². The molecule has 0 radical (unpaired) electrons. The van der Waals surface area contributed by atoms with Crippen molar-refractivity contribution in [2.75, 3.05) is 0 Å². The average molecular weight is 368 g/mol. The molecule has 0 saturated carbocycles. The molecule has 10 nitrogen and oxygen atoms in total. The van der Waals surface area contributed by atoms with Crippen molar-refractivity contribution in [3.63, 3.8) is 0 Å². The second-order valence-corrected chi connectivity index (χ2v) is 6.09. The van der Waals surface area contributed by atoms with Gasteiger partial charge in [-0.15, -0.1) is 15.3 Å². The van der Waals surface area contributed by atoms with Gasteiger partial charge in [0.05, 0.1) is 5.56 Å². The summed E-state index contributed by atoms with van der Waals surface area (Å²) in [6, 6.07) is 3.65. The summed E-state index contributed by atoms with van der Waals surface area (Å²) in [4.78, 5) is 20.6. The fourth-order valence-electron chi connectivity index (χ4n) is 2.71. The number of nitrogens with zero attached hydrogens (tertiary/aromatic N) is 6. The number of fused-ring (bicyclic) bond motifs is 1. The van der Waals surface area contributed by atoms with Gasteiger partial charge in [0.25, 0.3) is 23.4 Å². The molecule has 0 spiro atoms. The fraction of sp³-hybridized carbons (Fsp3) is 0.294. The summed E-state index contributed by atoms with van der Waals surface area (Å²) in [5, 5.41) is 12.0. The van der Waals surface area contributed by atoms with Crippen LogP contribution in [0.4, 0.5) is 0 Å². The Labute approximate surface area is 153 Å². The Kier molecular flexibility index (Phi) is 3.94. The Morgan fingerprint density at radius 2 is 1.93 bits per heavy atom. The van der Waals surface area contributed by atoms with Crippen molar-refractivity contribution in [3.8, 4) is 11.5 Å². The summed E-state index contributed by atoms with van der Waals surface area (Å²) in [5.41, 5.74) is 2.31. The topological polar surface area (TPSA) is 121 Å². The molecule has 0 aliphatic heterocycles. The molecule has 0 aliphatic carbocycles. The molecule has 0 aliphatic rings. The summed E-state index contributed by atoms with van der Waals surface area (Å²) in [5.74, 6) is 1.43. The monoisotopic (exact) mass is 368 g/mol. The number of rotatable bonds is 4. The number of aryl methyl sites for hydroxylation is 4. The fourth-order valence-corrected chi connectivity index (χ4v) is 2.71. The van der Waals surface area contributed by atoms with E-state index in [0.29, 0.717) is 23.0 Å². The number of carbonyl (C=O) groups is 1. The van der Waals surface area contributed by atoms with Gasteiger partial charge in [-0.2, -0.15) is 4.98 Å². The molecule has 10 heteroatoms. The normalized spacial score (nSPS) is 11.3. The van der Waals surface area contributed by atoms with E-state index < -0.39 is 5.97 Å². The number of furan rings is 1. The Morgan fingerprint density at radius 3 is 2.67 bits per heavy atom. The van der Waals surface area contributed by atoms with Crippen molar-refractivity contribution in [3.05, 3.63) is 46.8 Å². The Balaban J connectivity index is 1.48. The highest BCUT2D eigenvalue weighted by Gasteiger charge is 2.19. The molecular weight excluding hydrogens is 352 g/mol. The first-order valence-corrected chi connectivity index (χ1v) is 8.18. The van der Waals surface area contributed by atoms with Crippen LogP contribution >= 0.6 is 0 Å². The molecule has 0 saturated heterocycles. The van der Waals surface area contributed by atoms with Crippen molar-refractivity contribution >= 4 is 11.7 Å². The van der Waals surface area contributed by atoms with Gasteiger partial charge in [0.1, 0.15) is 11.5 Å². The number of aromatic nitrogens is 6. The van der Waals surface area contributed by atoms with E-state index in [9.17, 15) is 4.79 Å². The van der Waals surface area contributed by atoms with Crippen LogP contribution in [0.3, 0.4) is 0 Å². The van der Waals surface area contributed by atoms with Gasteiger partial charge in [-0.05, 0) is 39.8 Å². The zero-order valence-corrected chi connectivity index (χ0v) is 15.2. The highest BCUT2D eigenvalue weighted by atomic mass is 16.5. The van der Waals surface area contributed by atoms with Gasteiger partial charge in [-0.25, -0.2) is 14.3 Å². The molecule has 0 bridgehead atoms. The van der Waals surface area contributed by atoms with Crippen LogP contribution in [-0.4, -0.2) is 35.7 Å². The third-order valence-corrected chi connectivity index (χ3v) is 3.87. The van der Waals surface area contributed by atoms with Crippen molar-refractivity contribution in [1.82, 2.24) is 29.8 Å². The molecule has 0 amide bonds. The lowest BCUT2D eigenvalue weighted by atomic mass is 10.2. The van der Waals surface area contributed by atoms with Crippen LogP contribution in [0.1, 0.15) is 39.4 Å². The van der Waals surface area contributed by atoms with Gasteiger partial charge in [-0.1, -0.05) is 0 Å². The van der Waals surface area contributed by atoms with Crippen molar-refractivity contribution < 1.29 is 18.4 Å². The molecule has 0 unspecified atom stereocenters. The molecule has 27 heavy (non-hydrogen) atoms. The highest BCUT2D eigenvalue weighted by molar-refractivity contribution is 5.85. The first-order valence-electron chi connectivity index (χ1n) is 8.18. The van der Waals surface area contributed by atoms with Crippen molar-refractivity contribution in [1.29, 1.82) is 0 Å². The molecule has 0 aromatic carbocycles. The number of ether oxygens (including phenoxy) is 1. The zero-order valence-electron chi connectivity index (χ0n) is 15.2. The minimum Gasteiger partial charge on any atom is -0.466 e. The Hall–Kier alpha value is -3.56. The van der Waals surface area contributed by atoms with Crippen LogP contribution in [0.25, 0.3) is 17.2 Å². The van der Waals surface area contributed by atoms with Gasteiger partial charge >= 0.3 is 5.97 Å². The third-order valence-electron chi connectivity index (χ3n) is 3.87. The molecule has 0 fully saturated rings. The number of hydrogen-bond donors (Lipinski definition) is 0. The van der Waals surface area contributed by atoms with Crippen molar-refractivity contribution in [2.24, 2.45) is 0 Å². The molecule has 4 aromatic rings. The lowest BCUT2D eigenvalue weighted by molar-refractivity contribution is 0.0424.